The normalized spacial score (nSPS) is 19.9. The molecule has 0 amide bonds. The Morgan fingerprint density at radius 3 is 2.21 bits per heavy atom. The molecule has 1 aromatic carbocycles. The number of rotatable bonds is 6. The van der Waals surface area contributed by atoms with Crippen LogP contribution in [0.25, 0.3) is 0 Å². The number of halogens is 1. The van der Waals surface area contributed by atoms with Crippen LogP contribution in [0.1, 0.15) is 44.1 Å². The van der Waals surface area contributed by atoms with E-state index in [1.54, 1.807) is 12.1 Å². The third-order valence-electron chi connectivity index (χ3n) is 7.29. The third kappa shape index (κ3) is 5.25. The first-order valence-corrected chi connectivity index (χ1v) is 12.8. The summed E-state index contributed by atoms with van der Waals surface area (Å²) in [7, 11) is 0. The van der Waals surface area contributed by atoms with Gasteiger partial charge in [0.05, 0.1) is 13.2 Å². The van der Waals surface area contributed by atoms with Crippen molar-refractivity contribution in [1.82, 2.24) is 15.3 Å². The van der Waals surface area contributed by atoms with Crippen LogP contribution in [0.15, 0.2) is 30.3 Å². The van der Waals surface area contributed by atoms with Crippen molar-refractivity contribution in [3.05, 3.63) is 41.7 Å². The average molecular weight is 485 g/mol. The topological polar surface area (TPSA) is 65.6 Å². The van der Waals surface area contributed by atoms with Crippen LogP contribution in [-0.4, -0.2) is 61.0 Å². The van der Waals surface area contributed by atoms with Crippen LogP contribution in [0.4, 0.5) is 22.0 Å². The summed E-state index contributed by atoms with van der Waals surface area (Å²) in [6.45, 7) is 5.78. The number of nitrogens with one attached hydrogen (secondary N) is 2. The van der Waals surface area contributed by atoms with Gasteiger partial charge < -0.3 is 25.2 Å². The zero-order chi connectivity index (χ0) is 23.4. The molecule has 2 aliphatic heterocycles. The van der Waals surface area contributed by atoms with Crippen LogP contribution in [0, 0.1) is 5.82 Å². The van der Waals surface area contributed by atoms with E-state index in [2.05, 4.69) is 26.5 Å². The van der Waals surface area contributed by atoms with Gasteiger partial charge in [-0.2, -0.15) is 9.97 Å². The van der Waals surface area contributed by atoms with Crippen molar-refractivity contribution in [3.63, 3.8) is 0 Å². The van der Waals surface area contributed by atoms with Gasteiger partial charge >= 0.3 is 0 Å². The molecule has 0 bridgehead atoms. The first-order chi connectivity index (χ1) is 16.6. The molecule has 0 atom stereocenters. The Hall–Kier alpha value is -2.52. The van der Waals surface area contributed by atoms with Crippen molar-refractivity contribution < 1.29 is 9.13 Å². The van der Waals surface area contributed by atoms with Gasteiger partial charge in [0.15, 0.2) is 5.11 Å². The van der Waals surface area contributed by atoms with Crippen molar-refractivity contribution >= 4 is 34.9 Å². The highest BCUT2D eigenvalue weighted by molar-refractivity contribution is 7.80. The van der Waals surface area contributed by atoms with E-state index in [0.717, 1.165) is 50.7 Å². The van der Waals surface area contributed by atoms with E-state index < -0.39 is 0 Å². The predicted molar refractivity (Wildman–Crippen MR) is 137 cm³/mol. The Bertz CT molecular complexity index is 985. The quantitative estimate of drug-likeness (QED) is 0.600. The predicted octanol–water partition coefficient (Wildman–Crippen LogP) is 3.85. The number of thiocarbonyl (C=S) groups is 1. The highest BCUT2D eigenvalue weighted by Crippen LogP contribution is 2.40. The van der Waals surface area contributed by atoms with E-state index in [-0.39, 0.29) is 11.2 Å². The molecule has 2 aromatic rings. The monoisotopic (exact) mass is 484 g/mol. The van der Waals surface area contributed by atoms with Gasteiger partial charge in [-0.05, 0) is 55.6 Å². The smallest absolute Gasteiger partial charge is 0.232 e. The van der Waals surface area contributed by atoms with Crippen molar-refractivity contribution in [3.8, 4) is 0 Å². The SMILES string of the molecule is Fc1ccc(C2(CNC(=S)Nc3nc(N4CCCC4)cc(N4CCOCC4)n3)CCCC2)cc1. The number of anilines is 3. The lowest BCUT2D eigenvalue weighted by atomic mass is 9.79. The molecule has 2 N–H and O–H groups in total. The largest absolute Gasteiger partial charge is 0.378 e. The van der Waals surface area contributed by atoms with Crippen molar-refractivity contribution in [2.75, 3.05) is 61.1 Å². The Morgan fingerprint density at radius 1 is 0.941 bits per heavy atom. The number of ether oxygens (including phenoxy) is 1. The van der Waals surface area contributed by atoms with Crippen molar-refractivity contribution in [2.24, 2.45) is 0 Å². The van der Waals surface area contributed by atoms with Gasteiger partial charge in [-0.1, -0.05) is 25.0 Å². The summed E-state index contributed by atoms with van der Waals surface area (Å²) in [6, 6.07) is 9.01. The molecule has 2 saturated heterocycles. The number of hydrogen-bond acceptors (Lipinski definition) is 6. The molecule has 182 valence electrons. The highest BCUT2D eigenvalue weighted by Gasteiger charge is 2.35. The van der Waals surface area contributed by atoms with Gasteiger partial charge in [-0.3, -0.25) is 0 Å². The third-order valence-corrected chi connectivity index (χ3v) is 7.54. The molecule has 1 aliphatic carbocycles. The standard InChI is InChI=1S/C25H33FN6OS/c26-20-7-5-19(6-8-20)25(9-1-2-10-25)18-27-24(34)30-23-28-21(31-11-3-4-12-31)17-22(29-23)32-13-15-33-16-14-32/h5-8,17H,1-4,9-16,18H2,(H2,27,28,29,30,34). The fourth-order valence-corrected chi connectivity index (χ4v) is 5.52. The summed E-state index contributed by atoms with van der Waals surface area (Å²) in [5, 5.41) is 7.17. The Labute approximate surface area is 206 Å². The lowest BCUT2D eigenvalue weighted by Crippen LogP contribution is -2.41. The summed E-state index contributed by atoms with van der Waals surface area (Å²) in [5.74, 6) is 2.17. The summed E-state index contributed by atoms with van der Waals surface area (Å²) < 4.78 is 19.0. The van der Waals surface area contributed by atoms with Gasteiger partial charge in [0.25, 0.3) is 0 Å². The number of morpholine rings is 1. The molecular formula is C25H33FN6OS. The van der Waals surface area contributed by atoms with E-state index in [0.29, 0.717) is 30.8 Å². The molecule has 34 heavy (non-hydrogen) atoms. The maximum atomic E-state index is 13.5. The van der Waals surface area contributed by atoms with Crippen LogP contribution in [0.5, 0.6) is 0 Å². The Kier molecular flexibility index (Phi) is 7.10. The van der Waals surface area contributed by atoms with E-state index in [4.69, 9.17) is 26.9 Å². The number of benzene rings is 1. The van der Waals surface area contributed by atoms with Crippen molar-refractivity contribution in [1.29, 1.82) is 0 Å². The van der Waals surface area contributed by atoms with Gasteiger partial charge in [0.1, 0.15) is 17.5 Å². The zero-order valence-corrected chi connectivity index (χ0v) is 20.4. The molecule has 3 aliphatic rings. The molecule has 1 saturated carbocycles. The van der Waals surface area contributed by atoms with Crippen LogP contribution >= 0.6 is 12.2 Å². The van der Waals surface area contributed by atoms with Gasteiger partial charge in [-0.15, -0.1) is 0 Å². The van der Waals surface area contributed by atoms with E-state index in [1.165, 1.54) is 31.2 Å². The van der Waals surface area contributed by atoms with Gasteiger partial charge in [-0.25, -0.2) is 4.39 Å². The Morgan fingerprint density at radius 2 is 1.56 bits per heavy atom. The van der Waals surface area contributed by atoms with Crippen LogP contribution in [-0.2, 0) is 10.2 Å². The summed E-state index contributed by atoms with van der Waals surface area (Å²) in [6.07, 6.45) is 6.84. The van der Waals surface area contributed by atoms with E-state index in [9.17, 15) is 4.39 Å². The minimum Gasteiger partial charge on any atom is -0.378 e. The highest BCUT2D eigenvalue weighted by atomic mass is 32.1. The lowest BCUT2D eigenvalue weighted by Gasteiger charge is -2.31. The molecular weight excluding hydrogens is 451 g/mol. The van der Waals surface area contributed by atoms with Gasteiger partial charge in [0, 0.05) is 44.2 Å². The second kappa shape index (κ2) is 10.4. The lowest BCUT2D eigenvalue weighted by molar-refractivity contribution is 0.122. The van der Waals surface area contributed by atoms with Crippen LogP contribution in [0.2, 0.25) is 0 Å². The summed E-state index contributed by atoms with van der Waals surface area (Å²) in [5.41, 5.74) is 1.14. The maximum Gasteiger partial charge on any atom is 0.232 e. The molecule has 3 heterocycles. The second-order valence-corrected chi connectivity index (χ2v) is 9.91. The molecule has 0 radical (unpaired) electrons. The fourth-order valence-electron chi connectivity index (χ4n) is 5.36. The summed E-state index contributed by atoms with van der Waals surface area (Å²) in [4.78, 5) is 14.1. The minimum atomic E-state index is -0.201. The fraction of sp³-hybridized carbons (Fsp3) is 0.560. The maximum absolute atomic E-state index is 13.5. The molecule has 7 nitrogen and oxygen atoms in total. The molecule has 5 rings (SSSR count). The first kappa shape index (κ1) is 23.2. The number of aromatic nitrogens is 2. The first-order valence-electron chi connectivity index (χ1n) is 12.4. The van der Waals surface area contributed by atoms with Crippen LogP contribution < -0.4 is 20.4 Å². The number of nitrogens with zero attached hydrogens (tertiary/aromatic N) is 4. The van der Waals surface area contributed by atoms with E-state index >= 15 is 0 Å². The zero-order valence-electron chi connectivity index (χ0n) is 19.6. The molecule has 9 heteroatoms. The van der Waals surface area contributed by atoms with Crippen LogP contribution in [0.3, 0.4) is 0 Å². The molecule has 3 fully saturated rings. The van der Waals surface area contributed by atoms with E-state index in [1.807, 2.05) is 12.1 Å². The average Bonchev–Trinajstić information content (AvgIpc) is 3.57. The molecule has 1 aromatic heterocycles. The van der Waals surface area contributed by atoms with Gasteiger partial charge in [0.2, 0.25) is 5.95 Å². The Balaban J connectivity index is 1.30. The molecule has 0 unspecified atom stereocenters. The summed E-state index contributed by atoms with van der Waals surface area (Å²) >= 11 is 5.66. The molecule has 0 spiro atoms. The second-order valence-electron chi connectivity index (χ2n) is 9.50. The van der Waals surface area contributed by atoms with Crippen molar-refractivity contribution in [2.45, 2.75) is 43.9 Å². The minimum absolute atomic E-state index is 0.0311. The number of hydrogen-bond donors (Lipinski definition) is 2.